The molecule has 0 saturated carbocycles. The first-order valence-corrected chi connectivity index (χ1v) is 5.89. The van der Waals surface area contributed by atoms with Gasteiger partial charge in [-0.1, -0.05) is 13.8 Å². The van der Waals surface area contributed by atoms with E-state index in [4.69, 9.17) is 9.15 Å². The third-order valence-corrected chi connectivity index (χ3v) is 3.09. The van der Waals surface area contributed by atoms with E-state index in [1.807, 2.05) is 19.9 Å². The molecule has 1 saturated heterocycles. The van der Waals surface area contributed by atoms with Crippen LogP contribution in [0.2, 0.25) is 0 Å². The van der Waals surface area contributed by atoms with Gasteiger partial charge in [0, 0.05) is 25.0 Å². The second-order valence-corrected chi connectivity index (χ2v) is 4.63. The third-order valence-electron chi connectivity index (χ3n) is 3.09. The second kappa shape index (κ2) is 4.83. The molecule has 1 aliphatic heterocycles. The molecular weight excluding hydrogens is 204 g/mol. The number of carbonyl (C=O) groups excluding carboxylic acids is 1. The molecule has 0 bridgehead atoms. The molecule has 0 N–H and O–H groups in total. The van der Waals surface area contributed by atoms with E-state index >= 15 is 0 Å². The molecule has 1 fully saturated rings. The van der Waals surface area contributed by atoms with Crippen LogP contribution in [0.1, 0.15) is 60.4 Å². The minimum absolute atomic E-state index is 0.258. The van der Waals surface area contributed by atoms with Crippen LogP contribution in [0.4, 0.5) is 0 Å². The Hall–Kier alpha value is -1.09. The van der Waals surface area contributed by atoms with Crippen LogP contribution in [0.3, 0.4) is 0 Å². The van der Waals surface area contributed by atoms with Crippen molar-refractivity contribution in [2.24, 2.45) is 0 Å². The molecule has 0 amide bonds. The van der Waals surface area contributed by atoms with Crippen molar-refractivity contribution in [1.29, 1.82) is 0 Å². The second-order valence-electron chi connectivity index (χ2n) is 4.63. The SMILES string of the molecule is CC(C)c1oc(C2CCOCC2)cc1C=O. The Morgan fingerprint density at radius 1 is 1.38 bits per heavy atom. The van der Waals surface area contributed by atoms with Crippen LogP contribution in [-0.2, 0) is 4.74 Å². The zero-order chi connectivity index (χ0) is 11.5. The lowest BCUT2D eigenvalue weighted by molar-refractivity contribution is 0.0803. The van der Waals surface area contributed by atoms with Crippen molar-refractivity contribution in [3.8, 4) is 0 Å². The summed E-state index contributed by atoms with van der Waals surface area (Å²) >= 11 is 0. The van der Waals surface area contributed by atoms with Gasteiger partial charge in [-0.15, -0.1) is 0 Å². The molecule has 16 heavy (non-hydrogen) atoms. The molecule has 2 rings (SSSR count). The van der Waals surface area contributed by atoms with E-state index in [-0.39, 0.29) is 5.92 Å². The Morgan fingerprint density at radius 3 is 2.56 bits per heavy atom. The first-order valence-electron chi connectivity index (χ1n) is 5.89. The molecule has 0 unspecified atom stereocenters. The average molecular weight is 222 g/mol. The van der Waals surface area contributed by atoms with Crippen LogP contribution in [0, 0.1) is 0 Å². The number of hydrogen-bond donors (Lipinski definition) is 0. The summed E-state index contributed by atoms with van der Waals surface area (Å²) < 4.78 is 11.1. The van der Waals surface area contributed by atoms with Gasteiger partial charge in [0.25, 0.3) is 0 Å². The monoisotopic (exact) mass is 222 g/mol. The summed E-state index contributed by atoms with van der Waals surface area (Å²) in [5.41, 5.74) is 0.705. The van der Waals surface area contributed by atoms with Crippen molar-refractivity contribution in [1.82, 2.24) is 0 Å². The predicted octanol–water partition coefficient (Wildman–Crippen LogP) is 3.11. The lowest BCUT2D eigenvalue weighted by atomic mass is 9.97. The zero-order valence-electron chi connectivity index (χ0n) is 9.86. The van der Waals surface area contributed by atoms with Gasteiger partial charge in [0.2, 0.25) is 0 Å². The van der Waals surface area contributed by atoms with Gasteiger partial charge in [0.05, 0.1) is 5.56 Å². The molecule has 3 heteroatoms. The molecule has 2 heterocycles. The summed E-state index contributed by atoms with van der Waals surface area (Å²) in [6, 6.07) is 1.90. The van der Waals surface area contributed by atoms with E-state index < -0.39 is 0 Å². The van der Waals surface area contributed by atoms with E-state index in [9.17, 15) is 4.79 Å². The van der Waals surface area contributed by atoms with Crippen molar-refractivity contribution in [3.63, 3.8) is 0 Å². The predicted molar refractivity (Wildman–Crippen MR) is 61.0 cm³/mol. The molecule has 0 radical (unpaired) electrons. The fourth-order valence-electron chi connectivity index (χ4n) is 2.17. The summed E-state index contributed by atoms with van der Waals surface area (Å²) in [6.07, 6.45) is 2.87. The molecule has 1 aromatic heterocycles. The Labute approximate surface area is 95.8 Å². The molecule has 1 aliphatic rings. The Morgan fingerprint density at radius 2 is 2.06 bits per heavy atom. The van der Waals surface area contributed by atoms with E-state index in [1.54, 1.807) is 0 Å². The zero-order valence-corrected chi connectivity index (χ0v) is 9.86. The standard InChI is InChI=1S/C13H18O3/c1-9(2)13-11(8-14)7-12(16-13)10-3-5-15-6-4-10/h7-10H,3-6H2,1-2H3. The minimum atomic E-state index is 0.258. The van der Waals surface area contributed by atoms with Gasteiger partial charge >= 0.3 is 0 Å². The highest BCUT2D eigenvalue weighted by atomic mass is 16.5. The lowest BCUT2D eigenvalue weighted by Gasteiger charge is -2.19. The van der Waals surface area contributed by atoms with Gasteiger partial charge in [-0.25, -0.2) is 0 Å². The van der Waals surface area contributed by atoms with Crippen molar-refractivity contribution in [2.75, 3.05) is 13.2 Å². The van der Waals surface area contributed by atoms with Gasteiger partial charge in [0.1, 0.15) is 11.5 Å². The molecular formula is C13H18O3. The molecule has 1 aromatic rings. The maximum absolute atomic E-state index is 10.9. The van der Waals surface area contributed by atoms with Gasteiger partial charge in [0.15, 0.2) is 6.29 Å². The normalized spacial score (nSPS) is 17.9. The van der Waals surface area contributed by atoms with Crippen molar-refractivity contribution < 1.29 is 13.9 Å². The first kappa shape index (κ1) is 11.4. The quantitative estimate of drug-likeness (QED) is 0.738. The van der Waals surface area contributed by atoms with Crippen LogP contribution in [0.25, 0.3) is 0 Å². The summed E-state index contributed by atoms with van der Waals surface area (Å²) in [7, 11) is 0. The van der Waals surface area contributed by atoms with Crippen LogP contribution < -0.4 is 0 Å². The number of ether oxygens (including phenoxy) is 1. The minimum Gasteiger partial charge on any atom is -0.465 e. The highest BCUT2D eigenvalue weighted by molar-refractivity contribution is 5.76. The number of hydrogen-bond acceptors (Lipinski definition) is 3. The van der Waals surface area contributed by atoms with E-state index in [0.29, 0.717) is 11.5 Å². The Bertz CT molecular complexity index is 359. The molecule has 88 valence electrons. The lowest BCUT2D eigenvalue weighted by Crippen LogP contribution is -2.13. The van der Waals surface area contributed by atoms with E-state index in [1.165, 1.54) is 0 Å². The van der Waals surface area contributed by atoms with Crippen molar-refractivity contribution in [3.05, 3.63) is 23.2 Å². The summed E-state index contributed by atoms with van der Waals surface area (Å²) in [6.45, 7) is 5.66. The fraction of sp³-hybridized carbons (Fsp3) is 0.615. The highest BCUT2D eigenvalue weighted by Gasteiger charge is 2.22. The Balaban J connectivity index is 2.24. The van der Waals surface area contributed by atoms with Crippen LogP contribution in [0.15, 0.2) is 10.5 Å². The van der Waals surface area contributed by atoms with Crippen molar-refractivity contribution >= 4 is 6.29 Å². The Kier molecular flexibility index (Phi) is 3.44. The molecule has 0 atom stereocenters. The molecule has 0 spiro atoms. The van der Waals surface area contributed by atoms with Gasteiger partial charge in [-0.2, -0.15) is 0 Å². The highest BCUT2D eigenvalue weighted by Crippen LogP contribution is 2.32. The maximum Gasteiger partial charge on any atom is 0.153 e. The molecule has 3 nitrogen and oxygen atoms in total. The van der Waals surface area contributed by atoms with Crippen molar-refractivity contribution in [2.45, 2.75) is 38.5 Å². The number of furan rings is 1. The number of aldehydes is 1. The number of rotatable bonds is 3. The molecule has 0 aromatic carbocycles. The van der Waals surface area contributed by atoms with E-state index in [0.717, 1.165) is 43.9 Å². The smallest absolute Gasteiger partial charge is 0.153 e. The summed E-state index contributed by atoms with van der Waals surface area (Å²) in [4.78, 5) is 10.9. The fourth-order valence-corrected chi connectivity index (χ4v) is 2.17. The van der Waals surface area contributed by atoms with Gasteiger partial charge in [-0.05, 0) is 18.9 Å². The molecule has 0 aliphatic carbocycles. The largest absolute Gasteiger partial charge is 0.465 e. The average Bonchev–Trinajstić information content (AvgIpc) is 2.74. The van der Waals surface area contributed by atoms with E-state index in [2.05, 4.69) is 0 Å². The summed E-state index contributed by atoms with van der Waals surface area (Å²) in [5.74, 6) is 2.44. The van der Waals surface area contributed by atoms with Crippen LogP contribution in [-0.4, -0.2) is 19.5 Å². The summed E-state index contributed by atoms with van der Waals surface area (Å²) in [5, 5.41) is 0. The third kappa shape index (κ3) is 2.19. The number of carbonyl (C=O) groups is 1. The van der Waals surface area contributed by atoms with Crippen LogP contribution >= 0.6 is 0 Å². The first-order chi connectivity index (χ1) is 7.72. The maximum atomic E-state index is 10.9. The van der Waals surface area contributed by atoms with Gasteiger partial charge < -0.3 is 9.15 Å². The van der Waals surface area contributed by atoms with Gasteiger partial charge in [-0.3, -0.25) is 4.79 Å². The van der Waals surface area contributed by atoms with Crippen LogP contribution in [0.5, 0.6) is 0 Å². The topological polar surface area (TPSA) is 39.4 Å².